The molecule has 21 heavy (non-hydrogen) atoms. The van der Waals surface area contributed by atoms with Crippen molar-refractivity contribution in [3.8, 4) is 0 Å². The number of anilines is 1. The number of benzene rings is 1. The molecule has 1 aromatic carbocycles. The SMILES string of the molecule is CC1(CNc2ccc(C(F)(F)F)cc2[N+](=O)[O-])CCCS1. The monoisotopic (exact) mass is 320 g/mol. The van der Waals surface area contributed by atoms with Crippen molar-refractivity contribution < 1.29 is 18.1 Å². The van der Waals surface area contributed by atoms with Crippen LogP contribution in [-0.2, 0) is 6.18 Å². The van der Waals surface area contributed by atoms with Crippen molar-refractivity contribution in [3.63, 3.8) is 0 Å². The van der Waals surface area contributed by atoms with E-state index >= 15 is 0 Å². The third-order valence-electron chi connectivity index (χ3n) is 3.48. The van der Waals surface area contributed by atoms with Crippen molar-refractivity contribution in [3.05, 3.63) is 33.9 Å². The molecular formula is C13H15F3N2O2S. The Balaban J connectivity index is 2.21. The number of thioether (sulfide) groups is 1. The summed E-state index contributed by atoms with van der Waals surface area (Å²) in [5.74, 6) is 1.04. The van der Waals surface area contributed by atoms with Gasteiger partial charge in [-0.15, -0.1) is 0 Å². The summed E-state index contributed by atoms with van der Waals surface area (Å²) < 4.78 is 37.8. The molecule has 1 aliphatic heterocycles. The van der Waals surface area contributed by atoms with Gasteiger partial charge in [-0.25, -0.2) is 0 Å². The molecule has 1 fully saturated rings. The molecule has 2 rings (SSSR count). The lowest BCUT2D eigenvalue weighted by Crippen LogP contribution is -2.27. The fourth-order valence-corrected chi connectivity index (χ4v) is 3.51. The highest BCUT2D eigenvalue weighted by atomic mass is 32.2. The molecule has 1 atom stereocenters. The molecule has 1 N–H and O–H groups in total. The molecule has 0 aromatic heterocycles. The summed E-state index contributed by atoms with van der Waals surface area (Å²) >= 11 is 1.77. The van der Waals surface area contributed by atoms with E-state index in [1.807, 2.05) is 6.92 Å². The van der Waals surface area contributed by atoms with E-state index in [4.69, 9.17) is 0 Å². The van der Waals surface area contributed by atoms with Crippen LogP contribution in [0.2, 0.25) is 0 Å². The minimum Gasteiger partial charge on any atom is -0.378 e. The maximum atomic E-state index is 12.6. The number of nitrogens with zero attached hydrogens (tertiary/aromatic N) is 1. The number of halogens is 3. The Bertz CT molecular complexity index is 543. The Morgan fingerprint density at radius 1 is 1.48 bits per heavy atom. The molecule has 116 valence electrons. The topological polar surface area (TPSA) is 55.2 Å². The molecule has 0 bridgehead atoms. The highest BCUT2D eigenvalue weighted by Gasteiger charge is 2.34. The van der Waals surface area contributed by atoms with Gasteiger partial charge in [0.25, 0.3) is 5.69 Å². The Hall–Kier alpha value is -1.44. The van der Waals surface area contributed by atoms with Gasteiger partial charge in [0.05, 0.1) is 10.5 Å². The molecule has 0 spiro atoms. The van der Waals surface area contributed by atoms with Gasteiger partial charge in [0.2, 0.25) is 0 Å². The fraction of sp³-hybridized carbons (Fsp3) is 0.538. The molecule has 0 radical (unpaired) electrons. The van der Waals surface area contributed by atoms with Crippen molar-refractivity contribution in [2.75, 3.05) is 17.6 Å². The molecule has 1 heterocycles. The Labute approximate surface area is 124 Å². The van der Waals surface area contributed by atoms with Crippen LogP contribution in [0.3, 0.4) is 0 Å². The fourth-order valence-electron chi connectivity index (χ4n) is 2.27. The average Bonchev–Trinajstić information content (AvgIpc) is 2.82. The lowest BCUT2D eigenvalue weighted by Gasteiger charge is -2.23. The number of hydrogen-bond donors (Lipinski definition) is 1. The van der Waals surface area contributed by atoms with Gasteiger partial charge in [0.1, 0.15) is 5.69 Å². The Morgan fingerprint density at radius 2 is 2.19 bits per heavy atom. The highest BCUT2D eigenvalue weighted by Crippen LogP contribution is 2.39. The van der Waals surface area contributed by atoms with Crippen molar-refractivity contribution >= 4 is 23.1 Å². The summed E-state index contributed by atoms with van der Waals surface area (Å²) in [6.07, 6.45) is -2.52. The van der Waals surface area contributed by atoms with Gasteiger partial charge < -0.3 is 5.32 Å². The van der Waals surface area contributed by atoms with Gasteiger partial charge in [-0.1, -0.05) is 0 Å². The zero-order valence-corrected chi connectivity index (χ0v) is 12.2. The molecule has 1 saturated heterocycles. The maximum Gasteiger partial charge on any atom is 0.416 e. The van der Waals surface area contributed by atoms with Crippen molar-refractivity contribution in [1.29, 1.82) is 0 Å². The number of hydrogen-bond acceptors (Lipinski definition) is 4. The van der Waals surface area contributed by atoms with E-state index in [0.29, 0.717) is 12.6 Å². The van der Waals surface area contributed by atoms with E-state index in [9.17, 15) is 23.3 Å². The van der Waals surface area contributed by atoms with E-state index in [-0.39, 0.29) is 10.4 Å². The van der Waals surface area contributed by atoms with E-state index in [2.05, 4.69) is 5.32 Å². The third kappa shape index (κ3) is 3.81. The molecule has 4 nitrogen and oxygen atoms in total. The minimum absolute atomic E-state index is 0.0312. The summed E-state index contributed by atoms with van der Waals surface area (Å²) in [6, 6.07) is 2.57. The molecule has 1 aromatic rings. The average molecular weight is 320 g/mol. The largest absolute Gasteiger partial charge is 0.416 e. The number of nitrogens with one attached hydrogen (secondary N) is 1. The van der Waals surface area contributed by atoms with Crippen molar-refractivity contribution in [2.24, 2.45) is 0 Å². The smallest absolute Gasteiger partial charge is 0.378 e. The number of nitro benzene ring substituents is 1. The predicted octanol–water partition coefficient (Wildman–Crippen LogP) is 4.31. The van der Waals surface area contributed by atoms with Crippen LogP contribution in [0.5, 0.6) is 0 Å². The highest BCUT2D eigenvalue weighted by molar-refractivity contribution is 8.00. The van der Waals surface area contributed by atoms with Crippen LogP contribution in [0.1, 0.15) is 25.3 Å². The van der Waals surface area contributed by atoms with Gasteiger partial charge in [-0.05, 0) is 37.7 Å². The Morgan fingerprint density at radius 3 is 2.71 bits per heavy atom. The quantitative estimate of drug-likeness (QED) is 0.663. The summed E-state index contributed by atoms with van der Waals surface area (Å²) in [4.78, 5) is 10.2. The number of rotatable bonds is 4. The zero-order chi connectivity index (χ0) is 15.7. The molecule has 0 amide bonds. The van der Waals surface area contributed by atoms with Crippen LogP contribution in [0.15, 0.2) is 18.2 Å². The number of alkyl halides is 3. The second-order valence-corrected chi connectivity index (χ2v) is 6.92. The van der Waals surface area contributed by atoms with Crippen LogP contribution in [0.25, 0.3) is 0 Å². The molecule has 8 heteroatoms. The lowest BCUT2D eigenvalue weighted by atomic mass is 10.1. The summed E-state index contributed by atoms with van der Waals surface area (Å²) in [5, 5.41) is 13.9. The first-order chi connectivity index (χ1) is 9.71. The van der Waals surface area contributed by atoms with Crippen LogP contribution in [0, 0.1) is 10.1 Å². The van der Waals surface area contributed by atoms with Gasteiger partial charge >= 0.3 is 6.18 Å². The first-order valence-electron chi connectivity index (χ1n) is 6.45. The van der Waals surface area contributed by atoms with Crippen LogP contribution >= 0.6 is 11.8 Å². The van der Waals surface area contributed by atoms with Crippen molar-refractivity contribution in [2.45, 2.75) is 30.7 Å². The second kappa shape index (κ2) is 5.75. The van der Waals surface area contributed by atoms with Crippen LogP contribution in [0.4, 0.5) is 24.5 Å². The first kappa shape index (κ1) is 15.9. The first-order valence-corrected chi connectivity index (χ1v) is 7.43. The van der Waals surface area contributed by atoms with Gasteiger partial charge in [0, 0.05) is 17.4 Å². The maximum absolute atomic E-state index is 12.6. The van der Waals surface area contributed by atoms with Crippen LogP contribution in [-0.4, -0.2) is 22.0 Å². The van der Waals surface area contributed by atoms with Crippen LogP contribution < -0.4 is 5.32 Å². The van der Waals surface area contributed by atoms with Crippen molar-refractivity contribution in [1.82, 2.24) is 0 Å². The third-order valence-corrected chi connectivity index (χ3v) is 5.01. The standard InChI is InChI=1S/C13H15F3N2O2S/c1-12(5-2-6-21-12)8-17-10-4-3-9(13(14,15)16)7-11(10)18(19)20/h3-4,7,17H,2,5-6,8H2,1H3. The molecule has 1 aliphatic rings. The summed E-state index contributed by atoms with van der Waals surface area (Å²) in [6.45, 7) is 2.54. The van der Waals surface area contributed by atoms with E-state index in [1.165, 1.54) is 0 Å². The zero-order valence-electron chi connectivity index (χ0n) is 11.4. The summed E-state index contributed by atoms with van der Waals surface area (Å²) in [5.41, 5.74) is -1.43. The van der Waals surface area contributed by atoms with E-state index in [1.54, 1.807) is 11.8 Å². The molecular weight excluding hydrogens is 305 g/mol. The molecule has 0 saturated carbocycles. The van der Waals surface area contributed by atoms with E-state index < -0.39 is 22.4 Å². The lowest BCUT2D eigenvalue weighted by molar-refractivity contribution is -0.384. The summed E-state index contributed by atoms with van der Waals surface area (Å²) in [7, 11) is 0. The predicted molar refractivity (Wildman–Crippen MR) is 76.7 cm³/mol. The minimum atomic E-state index is -4.59. The van der Waals surface area contributed by atoms with Gasteiger partial charge in [-0.2, -0.15) is 24.9 Å². The van der Waals surface area contributed by atoms with Gasteiger partial charge in [-0.3, -0.25) is 10.1 Å². The van der Waals surface area contributed by atoms with Gasteiger partial charge in [0.15, 0.2) is 0 Å². The number of nitro groups is 1. The van der Waals surface area contributed by atoms with E-state index in [0.717, 1.165) is 30.7 Å². The Kier molecular flexibility index (Phi) is 4.36. The molecule has 1 unspecified atom stereocenters. The second-order valence-electron chi connectivity index (χ2n) is 5.24. The normalized spacial score (nSPS) is 22.3. The molecule has 0 aliphatic carbocycles.